The summed E-state index contributed by atoms with van der Waals surface area (Å²) in [6.45, 7) is 0.924. The number of amides is 1. The van der Waals surface area contributed by atoms with Crippen molar-refractivity contribution in [2.45, 2.75) is 6.54 Å². The van der Waals surface area contributed by atoms with Crippen LogP contribution < -0.4 is 14.8 Å². The van der Waals surface area contributed by atoms with Gasteiger partial charge in [-0.2, -0.15) is 0 Å². The Hall–Kier alpha value is -2.05. The second-order valence-corrected chi connectivity index (χ2v) is 6.34. The molecule has 2 aromatic carbocycles. The first-order valence-corrected chi connectivity index (χ1v) is 8.26. The number of hydrogen-bond acceptors (Lipinski definition) is 4. The molecule has 128 valence electrons. The Morgan fingerprint density at radius 1 is 1.12 bits per heavy atom. The van der Waals surface area contributed by atoms with E-state index in [0.29, 0.717) is 24.6 Å². The maximum Gasteiger partial charge on any atom is 0.238 e. The molecule has 0 aliphatic rings. The topological polar surface area (TPSA) is 50.8 Å². The largest absolute Gasteiger partial charge is 0.493 e. The van der Waals surface area contributed by atoms with Gasteiger partial charge >= 0.3 is 0 Å². The van der Waals surface area contributed by atoms with E-state index in [1.807, 2.05) is 54.4 Å². The summed E-state index contributed by atoms with van der Waals surface area (Å²) >= 11 is 3.39. The minimum atomic E-state index is -0.0592. The van der Waals surface area contributed by atoms with Crippen LogP contribution in [-0.4, -0.2) is 38.6 Å². The minimum absolute atomic E-state index is 0.0592. The molecule has 6 heteroatoms. The molecule has 0 saturated heterocycles. The highest BCUT2D eigenvalue weighted by atomic mass is 79.9. The van der Waals surface area contributed by atoms with Gasteiger partial charge in [0, 0.05) is 16.7 Å². The van der Waals surface area contributed by atoms with Gasteiger partial charge in [-0.15, -0.1) is 0 Å². The van der Waals surface area contributed by atoms with Crippen molar-refractivity contribution < 1.29 is 14.3 Å². The number of halogens is 1. The lowest BCUT2D eigenvalue weighted by atomic mass is 10.2. The Morgan fingerprint density at radius 3 is 2.54 bits per heavy atom. The predicted octanol–water partition coefficient (Wildman–Crippen LogP) is 3.54. The van der Waals surface area contributed by atoms with Crippen LogP contribution in [0.25, 0.3) is 0 Å². The van der Waals surface area contributed by atoms with Crippen molar-refractivity contribution >= 4 is 27.5 Å². The molecule has 0 spiro atoms. The summed E-state index contributed by atoms with van der Waals surface area (Å²) in [5.74, 6) is 1.31. The van der Waals surface area contributed by atoms with Crippen LogP contribution >= 0.6 is 15.9 Å². The lowest BCUT2D eigenvalue weighted by Crippen LogP contribution is -2.29. The Kier molecular flexibility index (Phi) is 6.63. The molecule has 0 aliphatic heterocycles. The molecule has 0 aliphatic carbocycles. The molecular formula is C18H21BrN2O3. The van der Waals surface area contributed by atoms with E-state index in [9.17, 15) is 4.79 Å². The summed E-state index contributed by atoms with van der Waals surface area (Å²) in [5, 5.41) is 2.88. The van der Waals surface area contributed by atoms with E-state index in [2.05, 4.69) is 21.2 Å². The maximum absolute atomic E-state index is 12.1. The van der Waals surface area contributed by atoms with Crippen molar-refractivity contribution in [2.75, 3.05) is 33.1 Å². The SMILES string of the molecule is COc1ccc(CN(C)CC(=O)Nc2cccc(Br)c2)cc1OC. The zero-order valence-electron chi connectivity index (χ0n) is 14.0. The summed E-state index contributed by atoms with van der Waals surface area (Å²) in [5.41, 5.74) is 1.82. The van der Waals surface area contributed by atoms with Gasteiger partial charge in [-0.1, -0.05) is 28.1 Å². The van der Waals surface area contributed by atoms with Crippen LogP contribution in [0.5, 0.6) is 11.5 Å². The van der Waals surface area contributed by atoms with Crippen molar-refractivity contribution in [2.24, 2.45) is 0 Å². The first-order chi connectivity index (χ1) is 11.5. The molecule has 1 N–H and O–H groups in total. The van der Waals surface area contributed by atoms with E-state index in [1.54, 1.807) is 14.2 Å². The smallest absolute Gasteiger partial charge is 0.238 e. The van der Waals surface area contributed by atoms with E-state index in [0.717, 1.165) is 15.7 Å². The molecule has 24 heavy (non-hydrogen) atoms. The third kappa shape index (κ3) is 5.25. The lowest BCUT2D eigenvalue weighted by molar-refractivity contribution is -0.117. The van der Waals surface area contributed by atoms with Gasteiger partial charge in [-0.25, -0.2) is 0 Å². The van der Waals surface area contributed by atoms with E-state index >= 15 is 0 Å². The summed E-state index contributed by atoms with van der Waals surface area (Å²) in [6, 6.07) is 13.3. The average molecular weight is 393 g/mol. The standard InChI is InChI=1S/C18H21BrN2O3/c1-21(11-13-7-8-16(23-2)17(9-13)24-3)12-18(22)20-15-6-4-5-14(19)10-15/h4-10H,11-12H2,1-3H3,(H,20,22). The van der Waals surface area contributed by atoms with Gasteiger partial charge < -0.3 is 14.8 Å². The molecule has 0 radical (unpaired) electrons. The monoisotopic (exact) mass is 392 g/mol. The van der Waals surface area contributed by atoms with Gasteiger partial charge in [0.05, 0.1) is 20.8 Å². The Labute approximate surface area is 150 Å². The maximum atomic E-state index is 12.1. The number of anilines is 1. The predicted molar refractivity (Wildman–Crippen MR) is 98.7 cm³/mol. The summed E-state index contributed by atoms with van der Waals surface area (Å²) < 4.78 is 11.5. The van der Waals surface area contributed by atoms with Crippen molar-refractivity contribution in [1.82, 2.24) is 4.90 Å². The molecular weight excluding hydrogens is 372 g/mol. The minimum Gasteiger partial charge on any atom is -0.493 e. The number of ether oxygens (including phenoxy) is 2. The fourth-order valence-corrected chi connectivity index (χ4v) is 2.76. The van der Waals surface area contributed by atoms with Crippen LogP contribution in [-0.2, 0) is 11.3 Å². The summed E-state index contributed by atoms with van der Waals surface area (Å²) in [4.78, 5) is 14.1. The fraction of sp³-hybridized carbons (Fsp3) is 0.278. The van der Waals surface area contributed by atoms with Crippen LogP contribution in [0, 0.1) is 0 Å². The average Bonchev–Trinajstić information content (AvgIpc) is 2.54. The molecule has 0 fully saturated rings. The van der Waals surface area contributed by atoms with Crippen LogP contribution in [0.3, 0.4) is 0 Å². The third-order valence-electron chi connectivity index (χ3n) is 3.42. The number of carbonyl (C=O) groups excluding carboxylic acids is 1. The number of rotatable bonds is 7. The number of likely N-dealkylation sites (N-methyl/N-ethyl adjacent to an activating group) is 1. The molecule has 0 unspecified atom stereocenters. The first kappa shape index (κ1) is 18.3. The molecule has 0 saturated carbocycles. The van der Waals surface area contributed by atoms with E-state index in [1.165, 1.54) is 0 Å². The fourth-order valence-electron chi connectivity index (χ4n) is 2.36. The van der Waals surface area contributed by atoms with E-state index in [-0.39, 0.29) is 5.91 Å². The van der Waals surface area contributed by atoms with Crippen molar-refractivity contribution in [3.05, 3.63) is 52.5 Å². The van der Waals surface area contributed by atoms with E-state index in [4.69, 9.17) is 9.47 Å². The number of nitrogens with one attached hydrogen (secondary N) is 1. The number of hydrogen-bond donors (Lipinski definition) is 1. The highest BCUT2D eigenvalue weighted by molar-refractivity contribution is 9.10. The highest BCUT2D eigenvalue weighted by Crippen LogP contribution is 2.27. The molecule has 0 atom stereocenters. The van der Waals surface area contributed by atoms with Gasteiger partial charge in [0.2, 0.25) is 5.91 Å². The Bertz CT molecular complexity index is 706. The first-order valence-electron chi connectivity index (χ1n) is 7.46. The lowest BCUT2D eigenvalue weighted by Gasteiger charge is -2.17. The number of benzene rings is 2. The Morgan fingerprint density at radius 2 is 1.88 bits per heavy atom. The molecule has 0 heterocycles. The van der Waals surface area contributed by atoms with Gasteiger partial charge in [-0.3, -0.25) is 9.69 Å². The second kappa shape index (κ2) is 8.70. The normalized spacial score (nSPS) is 10.5. The van der Waals surface area contributed by atoms with Gasteiger partial charge in [0.15, 0.2) is 11.5 Å². The number of methoxy groups -OCH3 is 2. The van der Waals surface area contributed by atoms with Crippen LogP contribution in [0.15, 0.2) is 46.9 Å². The Balaban J connectivity index is 1.92. The van der Waals surface area contributed by atoms with Crippen LogP contribution in [0.2, 0.25) is 0 Å². The number of nitrogens with zero attached hydrogens (tertiary/aromatic N) is 1. The zero-order valence-corrected chi connectivity index (χ0v) is 15.6. The van der Waals surface area contributed by atoms with Gasteiger partial charge in [-0.05, 0) is 42.9 Å². The van der Waals surface area contributed by atoms with Crippen molar-refractivity contribution in [3.8, 4) is 11.5 Å². The second-order valence-electron chi connectivity index (χ2n) is 5.42. The van der Waals surface area contributed by atoms with Crippen molar-refractivity contribution in [1.29, 1.82) is 0 Å². The number of carbonyl (C=O) groups is 1. The molecule has 1 amide bonds. The molecule has 5 nitrogen and oxygen atoms in total. The highest BCUT2D eigenvalue weighted by Gasteiger charge is 2.10. The van der Waals surface area contributed by atoms with Crippen molar-refractivity contribution in [3.63, 3.8) is 0 Å². The molecule has 2 rings (SSSR count). The van der Waals surface area contributed by atoms with Crippen LogP contribution in [0.1, 0.15) is 5.56 Å². The quantitative estimate of drug-likeness (QED) is 0.782. The molecule has 0 aromatic heterocycles. The van der Waals surface area contributed by atoms with Gasteiger partial charge in [0.1, 0.15) is 0 Å². The molecule has 2 aromatic rings. The van der Waals surface area contributed by atoms with E-state index < -0.39 is 0 Å². The third-order valence-corrected chi connectivity index (χ3v) is 3.92. The zero-order chi connectivity index (χ0) is 17.5. The molecule has 0 bridgehead atoms. The summed E-state index contributed by atoms with van der Waals surface area (Å²) in [6.07, 6.45) is 0. The summed E-state index contributed by atoms with van der Waals surface area (Å²) in [7, 11) is 5.11. The van der Waals surface area contributed by atoms with Gasteiger partial charge in [0.25, 0.3) is 0 Å². The van der Waals surface area contributed by atoms with Crippen LogP contribution in [0.4, 0.5) is 5.69 Å².